The van der Waals surface area contributed by atoms with Crippen LogP contribution in [0.25, 0.3) is 0 Å². The Balaban J connectivity index is 4.15. The van der Waals surface area contributed by atoms with Crippen molar-refractivity contribution < 1.29 is 24.2 Å². The summed E-state index contributed by atoms with van der Waals surface area (Å²) in [7, 11) is 0. The molecule has 288 valence electrons. The molecule has 0 heterocycles. The molecule has 0 aliphatic heterocycles. The van der Waals surface area contributed by atoms with E-state index in [1.807, 2.05) is 0 Å². The predicted molar refractivity (Wildman–Crippen MR) is 208 cm³/mol. The minimum atomic E-state index is -1.01. The van der Waals surface area contributed by atoms with Gasteiger partial charge in [0.2, 0.25) is 5.91 Å². The topological polar surface area (TPSA) is 92.7 Å². The number of hydrogen-bond acceptors (Lipinski definition) is 4. The molecule has 0 aromatic carbocycles. The van der Waals surface area contributed by atoms with Gasteiger partial charge in [-0.15, -0.1) is 0 Å². The Morgan fingerprint density at radius 2 is 0.878 bits per heavy atom. The Labute approximate surface area is 303 Å². The molecule has 0 spiro atoms. The molecule has 6 heteroatoms. The zero-order valence-corrected chi connectivity index (χ0v) is 32.6. The van der Waals surface area contributed by atoms with Crippen LogP contribution in [0.5, 0.6) is 0 Å². The number of esters is 1. The van der Waals surface area contributed by atoms with Gasteiger partial charge in [0.15, 0.2) is 0 Å². The van der Waals surface area contributed by atoms with E-state index < -0.39 is 5.97 Å². The summed E-state index contributed by atoms with van der Waals surface area (Å²) < 4.78 is 6.03. The second-order valence-corrected chi connectivity index (χ2v) is 14.6. The Kier molecular flexibility index (Phi) is 37.5. The van der Waals surface area contributed by atoms with Crippen LogP contribution in [0, 0.1) is 0 Å². The van der Waals surface area contributed by atoms with Crippen molar-refractivity contribution in [2.24, 2.45) is 0 Å². The number of carbonyl (C=O) groups excluding carboxylic acids is 2. The number of amides is 1. The lowest BCUT2D eigenvalue weighted by Gasteiger charge is -2.18. The van der Waals surface area contributed by atoms with Crippen molar-refractivity contribution in [3.05, 3.63) is 12.2 Å². The van der Waals surface area contributed by atoms with Gasteiger partial charge in [0.1, 0.15) is 12.6 Å². The molecule has 1 amide bonds. The first-order valence-corrected chi connectivity index (χ1v) is 21.3. The van der Waals surface area contributed by atoms with Crippen LogP contribution in [0.3, 0.4) is 0 Å². The number of rotatable bonds is 39. The molecule has 0 aliphatic rings. The number of carbonyl (C=O) groups is 3. The maximum atomic E-state index is 12.7. The van der Waals surface area contributed by atoms with Gasteiger partial charge < -0.3 is 15.2 Å². The molecule has 1 atom stereocenters. The highest BCUT2D eigenvalue weighted by Crippen LogP contribution is 2.19. The molecule has 0 aliphatic carbocycles. The molecule has 0 saturated heterocycles. The lowest BCUT2D eigenvalue weighted by molar-refractivity contribution is -0.150. The molecule has 0 bridgehead atoms. The quantitative estimate of drug-likeness (QED) is 0.0380. The van der Waals surface area contributed by atoms with Crippen molar-refractivity contribution in [2.45, 2.75) is 238 Å². The fourth-order valence-corrected chi connectivity index (χ4v) is 6.51. The van der Waals surface area contributed by atoms with Crippen molar-refractivity contribution in [1.29, 1.82) is 0 Å². The fraction of sp³-hybridized carbons (Fsp3) is 0.884. The molecule has 2 N–H and O–H groups in total. The van der Waals surface area contributed by atoms with Crippen LogP contribution in [0.4, 0.5) is 0 Å². The van der Waals surface area contributed by atoms with Gasteiger partial charge in [-0.2, -0.15) is 0 Å². The zero-order valence-electron chi connectivity index (χ0n) is 32.6. The summed E-state index contributed by atoms with van der Waals surface area (Å²) in [6.45, 7) is 4.23. The first-order chi connectivity index (χ1) is 24.0. The smallest absolute Gasteiger partial charge is 0.322 e. The van der Waals surface area contributed by atoms with Gasteiger partial charge in [-0.1, -0.05) is 167 Å². The van der Waals surface area contributed by atoms with Gasteiger partial charge in [-0.3, -0.25) is 14.4 Å². The highest BCUT2D eigenvalue weighted by atomic mass is 16.5. The summed E-state index contributed by atoms with van der Waals surface area (Å²) in [4.78, 5) is 35.0. The maximum absolute atomic E-state index is 12.7. The average molecular weight is 692 g/mol. The largest absolute Gasteiger partial charge is 0.480 e. The SMILES string of the molecule is CCCCCCCC/C=C\CCCCCCCC(=O)OC(CCCCCCCCCCCCCC)CCCCCCCC(=O)NCC(=O)O. The second-order valence-electron chi connectivity index (χ2n) is 14.6. The molecule has 1 unspecified atom stereocenters. The minimum Gasteiger partial charge on any atom is -0.480 e. The normalized spacial score (nSPS) is 12.0. The van der Waals surface area contributed by atoms with E-state index >= 15 is 0 Å². The van der Waals surface area contributed by atoms with Crippen molar-refractivity contribution in [3.63, 3.8) is 0 Å². The molecular formula is C43H81NO5. The average Bonchev–Trinajstić information content (AvgIpc) is 3.08. The van der Waals surface area contributed by atoms with Crippen LogP contribution in [-0.4, -0.2) is 35.6 Å². The van der Waals surface area contributed by atoms with Crippen molar-refractivity contribution >= 4 is 17.8 Å². The third-order valence-electron chi connectivity index (χ3n) is 9.69. The number of aliphatic carboxylic acids is 1. The number of carboxylic acid groups (broad SMARTS) is 1. The van der Waals surface area contributed by atoms with Gasteiger partial charge >= 0.3 is 11.9 Å². The van der Waals surface area contributed by atoms with Crippen LogP contribution in [0.15, 0.2) is 12.2 Å². The third kappa shape index (κ3) is 38.8. The number of ether oxygens (including phenoxy) is 1. The van der Waals surface area contributed by atoms with Crippen LogP contribution >= 0.6 is 0 Å². The molecule has 0 fully saturated rings. The van der Waals surface area contributed by atoms with Crippen LogP contribution in [0.1, 0.15) is 232 Å². The van der Waals surface area contributed by atoms with Crippen molar-refractivity contribution in [3.8, 4) is 0 Å². The number of hydrogen-bond donors (Lipinski definition) is 2. The van der Waals surface area contributed by atoms with Gasteiger partial charge in [0.25, 0.3) is 0 Å². The van der Waals surface area contributed by atoms with E-state index in [4.69, 9.17) is 9.84 Å². The predicted octanol–water partition coefficient (Wildman–Crippen LogP) is 13.0. The van der Waals surface area contributed by atoms with Gasteiger partial charge in [-0.25, -0.2) is 0 Å². The van der Waals surface area contributed by atoms with Gasteiger partial charge in [0, 0.05) is 12.8 Å². The monoisotopic (exact) mass is 692 g/mol. The Morgan fingerprint density at radius 1 is 0.510 bits per heavy atom. The summed E-state index contributed by atoms with van der Waals surface area (Å²) in [5.41, 5.74) is 0. The summed E-state index contributed by atoms with van der Waals surface area (Å²) in [6.07, 6.45) is 44.7. The number of allylic oxidation sites excluding steroid dienone is 2. The number of nitrogens with one attached hydrogen (secondary N) is 1. The highest BCUT2D eigenvalue weighted by molar-refractivity contribution is 5.80. The van der Waals surface area contributed by atoms with Gasteiger partial charge in [0.05, 0.1) is 0 Å². The Hall–Kier alpha value is -1.85. The number of carboxylic acids is 1. The van der Waals surface area contributed by atoms with E-state index in [2.05, 4.69) is 31.3 Å². The standard InChI is InChI=1S/C43H81NO5/c1-3-5-7-9-11-13-15-17-18-19-21-23-25-30-34-38-43(48)49-40(35-31-27-24-22-20-16-14-12-10-8-6-4-2)36-32-28-26-29-33-37-41(45)44-39-42(46)47/h17-18,40H,3-16,19-39H2,1-2H3,(H,44,45)(H,46,47)/b18-17-. The molecule has 0 saturated carbocycles. The fourth-order valence-electron chi connectivity index (χ4n) is 6.51. The Morgan fingerprint density at radius 3 is 1.31 bits per heavy atom. The molecule has 0 aromatic rings. The molecular weight excluding hydrogens is 610 g/mol. The minimum absolute atomic E-state index is 0.0195. The summed E-state index contributed by atoms with van der Waals surface area (Å²) in [5.74, 6) is -1.23. The van der Waals surface area contributed by atoms with Gasteiger partial charge in [-0.05, 0) is 64.2 Å². The second kappa shape index (κ2) is 38.9. The van der Waals surface area contributed by atoms with E-state index in [1.54, 1.807) is 0 Å². The molecule has 49 heavy (non-hydrogen) atoms. The number of unbranched alkanes of at least 4 members (excludes halogenated alkanes) is 26. The molecule has 0 rings (SSSR count). The van der Waals surface area contributed by atoms with E-state index in [9.17, 15) is 14.4 Å². The van der Waals surface area contributed by atoms with Crippen molar-refractivity contribution in [2.75, 3.05) is 6.54 Å². The Bertz CT molecular complexity index is 767. The van der Waals surface area contributed by atoms with Crippen LogP contribution < -0.4 is 5.32 Å². The van der Waals surface area contributed by atoms with E-state index in [0.717, 1.165) is 64.2 Å². The highest BCUT2D eigenvalue weighted by Gasteiger charge is 2.14. The molecule has 6 nitrogen and oxygen atoms in total. The first-order valence-electron chi connectivity index (χ1n) is 21.3. The van der Waals surface area contributed by atoms with Crippen molar-refractivity contribution in [1.82, 2.24) is 5.32 Å². The summed E-state index contributed by atoms with van der Waals surface area (Å²) >= 11 is 0. The van der Waals surface area contributed by atoms with E-state index in [0.29, 0.717) is 12.8 Å². The maximum Gasteiger partial charge on any atom is 0.322 e. The third-order valence-corrected chi connectivity index (χ3v) is 9.69. The molecule has 0 radical (unpaired) electrons. The zero-order chi connectivity index (χ0) is 35.9. The lowest BCUT2D eigenvalue weighted by Crippen LogP contribution is -2.28. The van der Waals surface area contributed by atoms with Crippen LogP contribution in [0.2, 0.25) is 0 Å². The summed E-state index contributed by atoms with van der Waals surface area (Å²) in [6, 6.07) is 0. The summed E-state index contributed by atoms with van der Waals surface area (Å²) in [5, 5.41) is 11.1. The molecule has 0 aromatic heterocycles. The van der Waals surface area contributed by atoms with E-state index in [-0.39, 0.29) is 24.5 Å². The lowest BCUT2D eigenvalue weighted by atomic mass is 10.0. The van der Waals surface area contributed by atoms with Crippen LogP contribution in [-0.2, 0) is 19.1 Å². The first kappa shape index (κ1) is 47.1. The van der Waals surface area contributed by atoms with E-state index in [1.165, 1.54) is 141 Å².